The molecule has 0 bridgehead atoms. The highest BCUT2D eigenvalue weighted by Gasteiger charge is 2.30. The third-order valence-electron chi connectivity index (χ3n) is 4.88. The number of rotatable bonds is 4. The van der Waals surface area contributed by atoms with Gasteiger partial charge in [0, 0.05) is 24.6 Å². The van der Waals surface area contributed by atoms with Crippen LogP contribution in [0.2, 0.25) is 0 Å². The second kappa shape index (κ2) is 7.35. The van der Waals surface area contributed by atoms with Crippen molar-refractivity contribution in [2.75, 3.05) is 13.1 Å². The Balaban J connectivity index is 1.81. The van der Waals surface area contributed by atoms with E-state index < -0.39 is 0 Å². The summed E-state index contributed by atoms with van der Waals surface area (Å²) in [5.74, 6) is 1.06. The Hall–Kier alpha value is -1.87. The topological polar surface area (TPSA) is 20.3 Å². The maximum absolute atomic E-state index is 13.1. The molecule has 0 unspecified atom stereocenters. The van der Waals surface area contributed by atoms with E-state index in [2.05, 4.69) is 48.9 Å². The first kappa shape index (κ1) is 17.0. The van der Waals surface area contributed by atoms with Crippen molar-refractivity contribution >= 4 is 22.8 Å². The van der Waals surface area contributed by atoms with E-state index in [9.17, 15) is 4.79 Å². The number of likely N-dealkylation sites (tertiary alicyclic amines) is 1. The predicted molar refractivity (Wildman–Crippen MR) is 102 cm³/mol. The minimum atomic E-state index is 0.170. The Bertz CT molecular complexity index is 730. The number of nitrogens with zero attached hydrogens (tertiary/aromatic N) is 1. The van der Waals surface area contributed by atoms with E-state index in [-0.39, 0.29) is 5.91 Å². The Morgan fingerprint density at radius 3 is 2.75 bits per heavy atom. The van der Waals surface area contributed by atoms with Crippen LogP contribution in [0.5, 0.6) is 0 Å². The molecule has 2 aromatic rings. The third-order valence-corrected chi connectivity index (χ3v) is 5.58. The van der Waals surface area contributed by atoms with E-state index in [0.717, 1.165) is 30.6 Å². The number of benzene rings is 1. The largest absolute Gasteiger partial charge is 0.338 e. The van der Waals surface area contributed by atoms with E-state index in [1.54, 1.807) is 11.3 Å². The molecule has 0 radical (unpaired) electrons. The summed E-state index contributed by atoms with van der Waals surface area (Å²) in [6.07, 6.45) is 3.03. The molecular weight excluding hydrogens is 314 g/mol. The number of hydrogen-bond acceptors (Lipinski definition) is 2. The van der Waals surface area contributed by atoms with Crippen molar-refractivity contribution < 1.29 is 4.79 Å². The highest BCUT2D eigenvalue weighted by Crippen LogP contribution is 2.32. The van der Waals surface area contributed by atoms with Crippen LogP contribution in [0.15, 0.2) is 47.2 Å². The Morgan fingerprint density at radius 2 is 2.08 bits per heavy atom. The Morgan fingerprint density at radius 1 is 1.29 bits per heavy atom. The maximum atomic E-state index is 13.1. The average Bonchev–Trinajstić information content (AvgIpc) is 3.27. The van der Waals surface area contributed by atoms with Gasteiger partial charge < -0.3 is 4.90 Å². The fraction of sp³-hybridized carbons (Fsp3) is 0.381. The number of allylic oxidation sites excluding steroid dienone is 1. The molecule has 2 nitrogen and oxygen atoms in total. The van der Waals surface area contributed by atoms with Gasteiger partial charge in [-0.2, -0.15) is 11.3 Å². The van der Waals surface area contributed by atoms with Crippen LogP contribution in [0, 0.1) is 0 Å². The molecule has 1 aliphatic heterocycles. The van der Waals surface area contributed by atoms with Crippen molar-refractivity contribution in [1.29, 1.82) is 0 Å². The summed E-state index contributed by atoms with van der Waals surface area (Å²) in [4.78, 5) is 15.1. The standard InChI is InChI=1S/C21H25NOS/c1-4-18(20-8-6-5-7-19(20)15(2)3)21(23)22-11-9-16(13-22)17-10-12-24-14-17/h4-8,10,12,14-16H,9,11,13H2,1-3H3/b18-4+/t16-/m1/s1. The van der Waals surface area contributed by atoms with Gasteiger partial charge in [-0.1, -0.05) is 44.2 Å². The number of carbonyl (C=O) groups is 1. The minimum absolute atomic E-state index is 0.170. The van der Waals surface area contributed by atoms with Crippen molar-refractivity contribution in [3.8, 4) is 0 Å². The molecule has 1 fully saturated rings. The molecule has 1 aliphatic rings. The highest BCUT2D eigenvalue weighted by molar-refractivity contribution is 7.08. The lowest BCUT2D eigenvalue weighted by Crippen LogP contribution is -2.29. The molecule has 3 heteroatoms. The summed E-state index contributed by atoms with van der Waals surface area (Å²) in [6, 6.07) is 10.5. The molecule has 24 heavy (non-hydrogen) atoms. The van der Waals surface area contributed by atoms with E-state index in [0.29, 0.717) is 11.8 Å². The number of hydrogen-bond donors (Lipinski definition) is 0. The van der Waals surface area contributed by atoms with Gasteiger partial charge >= 0.3 is 0 Å². The molecule has 2 heterocycles. The van der Waals surface area contributed by atoms with Crippen LogP contribution in [-0.4, -0.2) is 23.9 Å². The smallest absolute Gasteiger partial charge is 0.254 e. The zero-order valence-corrected chi connectivity index (χ0v) is 15.5. The first-order chi connectivity index (χ1) is 11.6. The monoisotopic (exact) mass is 339 g/mol. The van der Waals surface area contributed by atoms with Crippen molar-refractivity contribution in [3.05, 3.63) is 63.9 Å². The Kier molecular flexibility index (Phi) is 5.20. The molecule has 1 saturated heterocycles. The average molecular weight is 340 g/mol. The SMILES string of the molecule is C/C=C(/C(=O)N1CC[C@@H](c2ccsc2)C1)c1ccccc1C(C)C. The van der Waals surface area contributed by atoms with E-state index in [1.807, 2.05) is 24.0 Å². The molecule has 0 spiro atoms. The summed E-state index contributed by atoms with van der Waals surface area (Å²) in [7, 11) is 0. The van der Waals surface area contributed by atoms with Crippen LogP contribution in [0.3, 0.4) is 0 Å². The lowest BCUT2D eigenvalue weighted by molar-refractivity contribution is -0.124. The quantitative estimate of drug-likeness (QED) is 0.693. The molecule has 1 aromatic heterocycles. The molecule has 1 atom stereocenters. The van der Waals surface area contributed by atoms with Crippen LogP contribution in [0.25, 0.3) is 5.57 Å². The summed E-state index contributed by atoms with van der Waals surface area (Å²) in [5, 5.41) is 4.33. The third kappa shape index (κ3) is 3.32. The van der Waals surface area contributed by atoms with Crippen LogP contribution < -0.4 is 0 Å². The van der Waals surface area contributed by atoms with Gasteiger partial charge in [0.05, 0.1) is 0 Å². The predicted octanol–water partition coefficient (Wildman–Crippen LogP) is 5.29. The second-order valence-corrected chi connectivity index (χ2v) is 7.52. The number of thiophene rings is 1. The van der Waals surface area contributed by atoms with Crippen LogP contribution in [-0.2, 0) is 4.79 Å². The molecule has 3 rings (SSSR count). The first-order valence-electron chi connectivity index (χ1n) is 8.68. The molecule has 0 saturated carbocycles. The summed E-state index contributed by atoms with van der Waals surface area (Å²) in [6.45, 7) is 8.01. The fourth-order valence-corrected chi connectivity index (χ4v) is 4.28. The Labute approximate surface area is 148 Å². The van der Waals surface area contributed by atoms with Gasteiger partial charge in [-0.3, -0.25) is 4.79 Å². The summed E-state index contributed by atoms with van der Waals surface area (Å²) >= 11 is 1.73. The molecule has 0 N–H and O–H groups in total. The van der Waals surface area contributed by atoms with E-state index >= 15 is 0 Å². The van der Waals surface area contributed by atoms with Gasteiger partial charge in [-0.15, -0.1) is 0 Å². The van der Waals surface area contributed by atoms with Gasteiger partial charge in [0.25, 0.3) is 5.91 Å². The molecule has 0 aliphatic carbocycles. The van der Waals surface area contributed by atoms with Gasteiger partial charge in [0.1, 0.15) is 0 Å². The van der Waals surface area contributed by atoms with Crippen molar-refractivity contribution in [2.24, 2.45) is 0 Å². The lowest BCUT2D eigenvalue weighted by Gasteiger charge is -2.21. The maximum Gasteiger partial charge on any atom is 0.254 e. The van der Waals surface area contributed by atoms with Crippen LogP contribution >= 0.6 is 11.3 Å². The highest BCUT2D eigenvalue weighted by atomic mass is 32.1. The minimum Gasteiger partial charge on any atom is -0.338 e. The summed E-state index contributed by atoms with van der Waals surface area (Å²) in [5.41, 5.74) is 4.54. The van der Waals surface area contributed by atoms with Gasteiger partial charge in [0.2, 0.25) is 0 Å². The van der Waals surface area contributed by atoms with Gasteiger partial charge in [-0.05, 0) is 52.8 Å². The molecule has 1 amide bonds. The van der Waals surface area contributed by atoms with Gasteiger partial charge in [-0.25, -0.2) is 0 Å². The van der Waals surface area contributed by atoms with Gasteiger partial charge in [0.15, 0.2) is 0 Å². The van der Waals surface area contributed by atoms with Crippen molar-refractivity contribution in [1.82, 2.24) is 4.90 Å². The van der Waals surface area contributed by atoms with Crippen LogP contribution in [0.4, 0.5) is 0 Å². The van der Waals surface area contributed by atoms with Crippen LogP contribution in [0.1, 0.15) is 55.7 Å². The normalized spacial score (nSPS) is 18.4. The van der Waals surface area contributed by atoms with Crippen molar-refractivity contribution in [2.45, 2.75) is 39.0 Å². The lowest BCUT2D eigenvalue weighted by atomic mass is 9.92. The number of amides is 1. The zero-order valence-electron chi connectivity index (χ0n) is 14.7. The number of carbonyl (C=O) groups excluding carboxylic acids is 1. The zero-order chi connectivity index (χ0) is 17.1. The van der Waals surface area contributed by atoms with Crippen molar-refractivity contribution in [3.63, 3.8) is 0 Å². The summed E-state index contributed by atoms with van der Waals surface area (Å²) < 4.78 is 0. The first-order valence-corrected chi connectivity index (χ1v) is 9.63. The van der Waals surface area contributed by atoms with E-state index in [4.69, 9.17) is 0 Å². The molecule has 1 aromatic carbocycles. The molecular formula is C21H25NOS. The second-order valence-electron chi connectivity index (χ2n) is 6.74. The molecule has 126 valence electrons. The van der Waals surface area contributed by atoms with E-state index in [1.165, 1.54) is 11.1 Å². The fourth-order valence-electron chi connectivity index (χ4n) is 3.53.